The molecule has 0 atom stereocenters. The van der Waals surface area contributed by atoms with Crippen LogP contribution >= 0.6 is 0 Å². The van der Waals surface area contributed by atoms with Crippen LogP contribution in [0.25, 0.3) is 11.0 Å². The van der Waals surface area contributed by atoms with Gasteiger partial charge in [-0.15, -0.1) is 0 Å². The van der Waals surface area contributed by atoms with Gasteiger partial charge in [0.2, 0.25) is 0 Å². The summed E-state index contributed by atoms with van der Waals surface area (Å²) in [5.74, 6) is -0.702. The molecule has 1 amide bonds. The Hall–Kier alpha value is -3.55. The second-order valence-electron chi connectivity index (χ2n) is 5.25. The average molecular weight is 338 g/mol. The Morgan fingerprint density at radius 2 is 2.04 bits per heavy atom. The monoisotopic (exact) mass is 338 g/mol. The number of carbonyl (C=O) groups excluding carboxylic acids is 1. The Morgan fingerprint density at radius 3 is 2.76 bits per heavy atom. The molecule has 1 aromatic carbocycles. The zero-order chi connectivity index (χ0) is 18.0. The van der Waals surface area contributed by atoms with E-state index >= 15 is 0 Å². The first-order chi connectivity index (χ1) is 12.0. The van der Waals surface area contributed by atoms with Crippen LogP contribution in [0.4, 0.5) is 11.4 Å². The standard InChI is InChI=1S/C17H14N4O4/c1-2-20-15-11(6-5-9-18-15)10-12(17(20)23)16(22)19-13-7-3-4-8-14(13)21(24)25/h3-10H,2H2,1H3,(H,19,22). The maximum atomic E-state index is 12.6. The summed E-state index contributed by atoms with van der Waals surface area (Å²) >= 11 is 0. The number of fused-ring (bicyclic) bond motifs is 1. The minimum absolute atomic E-state index is 0.0335. The van der Waals surface area contributed by atoms with Crippen molar-refractivity contribution in [1.82, 2.24) is 9.55 Å². The van der Waals surface area contributed by atoms with E-state index in [1.807, 2.05) is 0 Å². The molecule has 8 nitrogen and oxygen atoms in total. The number of hydrogen-bond acceptors (Lipinski definition) is 5. The van der Waals surface area contributed by atoms with E-state index in [4.69, 9.17) is 0 Å². The number of rotatable bonds is 4. The van der Waals surface area contributed by atoms with Gasteiger partial charge in [-0.1, -0.05) is 12.1 Å². The quantitative estimate of drug-likeness (QED) is 0.581. The second-order valence-corrected chi connectivity index (χ2v) is 5.25. The number of nitro groups is 1. The fraction of sp³-hybridized carbons (Fsp3) is 0.118. The molecule has 25 heavy (non-hydrogen) atoms. The maximum Gasteiger partial charge on any atom is 0.292 e. The van der Waals surface area contributed by atoms with Crippen molar-refractivity contribution >= 4 is 28.3 Å². The molecular formula is C17H14N4O4. The summed E-state index contributed by atoms with van der Waals surface area (Å²) in [7, 11) is 0. The smallest absolute Gasteiger partial charge is 0.292 e. The van der Waals surface area contributed by atoms with Crippen LogP contribution < -0.4 is 10.9 Å². The Balaban J connectivity index is 2.08. The molecule has 0 aliphatic rings. The zero-order valence-corrected chi connectivity index (χ0v) is 13.3. The molecule has 1 N–H and O–H groups in total. The number of nitrogens with one attached hydrogen (secondary N) is 1. The summed E-state index contributed by atoms with van der Waals surface area (Å²) in [6.45, 7) is 2.12. The molecule has 2 heterocycles. The predicted octanol–water partition coefficient (Wildman–Crippen LogP) is 2.58. The number of aromatic nitrogens is 2. The van der Waals surface area contributed by atoms with Crippen molar-refractivity contribution < 1.29 is 9.72 Å². The summed E-state index contributed by atoms with van der Waals surface area (Å²) < 4.78 is 1.39. The molecule has 3 aromatic rings. The van der Waals surface area contributed by atoms with Crippen molar-refractivity contribution in [3.8, 4) is 0 Å². The molecule has 0 spiro atoms. The Morgan fingerprint density at radius 1 is 1.28 bits per heavy atom. The Labute approximate surface area is 141 Å². The SMILES string of the molecule is CCn1c(=O)c(C(=O)Nc2ccccc2[N+](=O)[O-])cc2cccnc21. The van der Waals surface area contributed by atoms with Crippen LogP contribution in [0.1, 0.15) is 17.3 Å². The van der Waals surface area contributed by atoms with Crippen molar-refractivity contribution in [3.63, 3.8) is 0 Å². The van der Waals surface area contributed by atoms with E-state index < -0.39 is 16.4 Å². The highest BCUT2D eigenvalue weighted by molar-refractivity contribution is 6.06. The van der Waals surface area contributed by atoms with Crippen molar-refractivity contribution in [3.05, 3.63) is 74.7 Å². The highest BCUT2D eigenvalue weighted by Crippen LogP contribution is 2.23. The number of benzene rings is 1. The van der Waals surface area contributed by atoms with Crippen LogP contribution in [0.15, 0.2) is 53.5 Å². The molecule has 126 valence electrons. The van der Waals surface area contributed by atoms with Gasteiger partial charge >= 0.3 is 0 Å². The van der Waals surface area contributed by atoms with E-state index in [-0.39, 0.29) is 16.9 Å². The number of amides is 1. The van der Waals surface area contributed by atoms with E-state index in [0.717, 1.165) is 0 Å². The highest BCUT2D eigenvalue weighted by Gasteiger charge is 2.19. The van der Waals surface area contributed by atoms with Gasteiger partial charge in [-0.05, 0) is 31.2 Å². The summed E-state index contributed by atoms with van der Waals surface area (Å²) in [4.78, 5) is 39.8. The topological polar surface area (TPSA) is 107 Å². The Bertz CT molecular complexity index is 1040. The number of pyridine rings is 2. The molecule has 2 aromatic heterocycles. The molecule has 0 radical (unpaired) electrons. The number of anilines is 1. The van der Waals surface area contributed by atoms with Crippen molar-refractivity contribution in [2.45, 2.75) is 13.5 Å². The van der Waals surface area contributed by atoms with Gasteiger partial charge < -0.3 is 5.32 Å². The molecule has 0 bridgehead atoms. The lowest BCUT2D eigenvalue weighted by molar-refractivity contribution is -0.383. The van der Waals surface area contributed by atoms with E-state index in [0.29, 0.717) is 17.6 Å². The van der Waals surface area contributed by atoms with Crippen molar-refractivity contribution in [2.75, 3.05) is 5.32 Å². The van der Waals surface area contributed by atoms with Gasteiger partial charge in [0.05, 0.1) is 4.92 Å². The predicted molar refractivity (Wildman–Crippen MR) is 92.7 cm³/mol. The van der Waals surface area contributed by atoms with Crippen LogP contribution in [-0.2, 0) is 6.54 Å². The lowest BCUT2D eigenvalue weighted by atomic mass is 10.1. The Kier molecular flexibility index (Phi) is 4.25. The second kappa shape index (κ2) is 6.52. The van der Waals surface area contributed by atoms with Gasteiger partial charge in [-0.25, -0.2) is 4.98 Å². The lowest BCUT2D eigenvalue weighted by Crippen LogP contribution is -2.29. The molecular weight excluding hydrogens is 324 g/mol. The number of para-hydroxylation sites is 2. The summed E-state index contributed by atoms with van der Waals surface area (Å²) in [6.07, 6.45) is 1.57. The summed E-state index contributed by atoms with van der Waals surface area (Å²) in [6, 6.07) is 10.7. The van der Waals surface area contributed by atoms with Gasteiger partial charge in [-0.2, -0.15) is 0 Å². The van der Waals surface area contributed by atoms with Crippen LogP contribution in [0.5, 0.6) is 0 Å². The third kappa shape index (κ3) is 2.97. The van der Waals surface area contributed by atoms with Crippen LogP contribution in [0, 0.1) is 10.1 Å². The third-order valence-corrected chi connectivity index (χ3v) is 3.76. The molecule has 0 saturated carbocycles. The number of carbonyl (C=O) groups is 1. The van der Waals surface area contributed by atoms with Gasteiger partial charge in [0, 0.05) is 24.2 Å². The third-order valence-electron chi connectivity index (χ3n) is 3.76. The van der Waals surface area contributed by atoms with E-state index in [2.05, 4.69) is 10.3 Å². The number of aryl methyl sites for hydroxylation is 1. The van der Waals surface area contributed by atoms with E-state index in [9.17, 15) is 19.7 Å². The molecule has 0 fully saturated rings. The maximum absolute atomic E-state index is 12.6. The van der Waals surface area contributed by atoms with Gasteiger partial charge in [-0.3, -0.25) is 24.3 Å². The van der Waals surface area contributed by atoms with Gasteiger partial charge in [0.25, 0.3) is 17.2 Å². The first-order valence-electron chi connectivity index (χ1n) is 7.56. The number of hydrogen-bond donors (Lipinski definition) is 1. The van der Waals surface area contributed by atoms with Crippen molar-refractivity contribution in [2.24, 2.45) is 0 Å². The first-order valence-corrected chi connectivity index (χ1v) is 7.56. The highest BCUT2D eigenvalue weighted by atomic mass is 16.6. The normalized spacial score (nSPS) is 10.6. The van der Waals surface area contributed by atoms with Crippen LogP contribution in [0.3, 0.4) is 0 Å². The fourth-order valence-electron chi connectivity index (χ4n) is 2.59. The summed E-state index contributed by atoms with van der Waals surface area (Å²) in [5.41, 5.74) is -0.317. The molecule has 8 heteroatoms. The molecule has 0 unspecified atom stereocenters. The lowest BCUT2D eigenvalue weighted by Gasteiger charge is -2.10. The first kappa shape index (κ1) is 16.3. The van der Waals surface area contributed by atoms with Crippen molar-refractivity contribution in [1.29, 1.82) is 0 Å². The average Bonchev–Trinajstić information content (AvgIpc) is 2.61. The van der Waals surface area contributed by atoms with E-state index in [1.165, 1.54) is 28.8 Å². The largest absolute Gasteiger partial charge is 0.316 e. The molecule has 0 aliphatic carbocycles. The molecule has 3 rings (SSSR count). The van der Waals surface area contributed by atoms with Gasteiger partial charge in [0.1, 0.15) is 16.9 Å². The number of nitrogens with zero attached hydrogens (tertiary/aromatic N) is 3. The molecule has 0 saturated heterocycles. The molecule has 0 aliphatic heterocycles. The minimum atomic E-state index is -0.702. The van der Waals surface area contributed by atoms with Gasteiger partial charge in [0.15, 0.2) is 0 Å². The van der Waals surface area contributed by atoms with Crippen LogP contribution in [-0.4, -0.2) is 20.4 Å². The summed E-state index contributed by atoms with van der Waals surface area (Å²) in [5, 5.41) is 14.1. The zero-order valence-electron chi connectivity index (χ0n) is 13.3. The van der Waals surface area contributed by atoms with Crippen LogP contribution in [0.2, 0.25) is 0 Å². The van der Waals surface area contributed by atoms with E-state index in [1.54, 1.807) is 31.3 Å². The fourth-order valence-corrected chi connectivity index (χ4v) is 2.59. The minimum Gasteiger partial charge on any atom is -0.316 e. The number of nitro benzene ring substituents is 1.